The van der Waals surface area contributed by atoms with E-state index in [2.05, 4.69) is 22.9 Å². The number of rotatable bonds is 0. The number of dihydropyridines is 1. The van der Waals surface area contributed by atoms with Crippen LogP contribution in [-0.2, 0) is 0 Å². The maximum atomic E-state index is 4.40. The Morgan fingerprint density at radius 3 is 3.40 bits per heavy atom. The summed E-state index contributed by atoms with van der Waals surface area (Å²) in [4.78, 5) is 0. The zero-order valence-electron chi connectivity index (χ0n) is 5.93. The first-order chi connectivity index (χ1) is 4.97. The number of hydrogen-bond donors (Lipinski definition) is 1. The summed E-state index contributed by atoms with van der Waals surface area (Å²) in [7, 11) is 0. The second-order valence-corrected chi connectivity index (χ2v) is 2.65. The standard InChI is InChI=1S/C8H11N2/c1-2-7-6-9-5-3-8(7)10-4-1/h3,6,9H,1-2,4-5H2. The van der Waals surface area contributed by atoms with Crippen LogP contribution in [0.1, 0.15) is 12.8 Å². The third-order valence-electron chi connectivity index (χ3n) is 1.90. The van der Waals surface area contributed by atoms with E-state index in [0.717, 1.165) is 13.1 Å². The molecule has 0 amide bonds. The first-order valence-corrected chi connectivity index (χ1v) is 3.77. The van der Waals surface area contributed by atoms with Crippen molar-refractivity contribution < 1.29 is 0 Å². The molecule has 0 bridgehead atoms. The summed E-state index contributed by atoms with van der Waals surface area (Å²) < 4.78 is 0. The number of nitrogens with zero attached hydrogens (tertiary/aromatic N) is 1. The third-order valence-corrected chi connectivity index (χ3v) is 1.90. The summed E-state index contributed by atoms with van der Waals surface area (Å²) in [6.45, 7) is 1.96. The predicted octanol–water partition coefficient (Wildman–Crippen LogP) is 0.756. The minimum atomic E-state index is 0.947. The van der Waals surface area contributed by atoms with Crippen molar-refractivity contribution in [1.82, 2.24) is 10.6 Å². The van der Waals surface area contributed by atoms with Crippen LogP contribution in [0.15, 0.2) is 23.5 Å². The molecule has 2 rings (SSSR count). The zero-order valence-corrected chi connectivity index (χ0v) is 5.93. The fourth-order valence-corrected chi connectivity index (χ4v) is 1.38. The lowest BCUT2D eigenvalue weighted by Crippen LogP contribution is -2.22. The molecule has 0 aliphatic carbocycles. The van der Waals surface area contributed by atoms with Crippen LogP contribution in [-0.4, -0.2) is 13.1 Å². The van der Waals surface area contributed by atoms with Gasteiger partial charge in [0, 0.05) is 19.3 Å². The van der Waals surface area contributed by atoms with E-state index < -0.39 is 0 Å². The molecular weight excluding hydrogens is 124 g/mol. The second-order valence-electron chi connectivity index (χ2n) is 2.65. The number of fused-ring (bicyclic) bond motifs is 1. The number of hydrogen-bond acceptors (Lipinski definition) is 1. The van der Waals surface area contributed by atoms with Crippen LogP contribution in [0, 0.1) is 0 Å². The van der Waals surface area contributed by atoms with Gasteiger partial charge in [-0.05, 0) is 24.5 Å². The van der Waals surface area contributed by atoms with E-state index >= 15 is 0 Å². The Labute approximate surface area is 61.0 Å². The van der Waals surface area contributed by atoms with E-state index in [1.165, 1.54) is 24.1 Å². The molecule has 0 aromatic heterocycles. The zero-order chi connectivity index (χ0) is 6.81. The molecule has 2 aliphatic heterocycles. The van der Waals surface area contributed by atoms with E-state index in [1.54, 1.807) is 0 Å². The Bertz CT molecular complexity index is 169. The van der Waals surface area contributed by atoms with Gasteiger partial charge >= 0.3 is 0 Å². The highest BCUT2D eigenvalue weighted by atomic mass is 14.9. The number of allylic oxidation sites excluding steroid dienone is 1. The normalized spacial score (nSPS) is 23.2. The van der Waals surface area contributed by atoms with E-state index in [9.17, 15) is 0 Å². The van der Waals surface area contributed by atoms with Crippen LogP contribution in [0.2, 0.25) is 0 Å². The van der Waals surface area contributed by atoms with Gasteiger partial charge in [0.25, 0.3) is 0 Å². The molecule has 1 N–H and O–H groups in total. The number of nitrogens with one attached hydrogen (secondary N) is 1. The Morgan fingerprint density at radius 2 is 2.50 bits per heavy atom. The Kier molecular flexibility index (Phi) is 1.38. The molecule has 0 unspecified atom stereocenters. The monoisotopic (exact) mass is 135 g/mol. The molecule has 0 aromatic rings. The van der Waals surface area contributed by atoms with Gasteiger partial charge in [-0.2, -0.15) is 0 Å². The Morgan fingerprint density at radius 1 is 1.50 bits per heavy atom. The van der Waals surface area contributed by atoms with Crippen molar-refractivity contribution in [3.63, 3.8) is 0 Å². The molecule has 2 aliphatic rings. The second kappa shape index (κ2) is 2.37. The summed E-state index contributed by atoms with van der Waals surface area (Å²) in [5, 5.41) is 7.59. The van der Waals surface area contributed by atoms with Crippen LogP contribution >= 0.6 is 0 Å². The third kappa shape index (κ3) is 0.897. The van der Waals surface area contributed by atoms with Gasteiger partial charge in [-0.15, -0.1) is 0 Å². The fraction of sp³-hybridized carbons (Fsp3) is 0.500. The summed E-state index contributed by atoms with van der Waals surface area (Å²) in [5.74, 6) is 0. The van der Waals surface area contributed by atoms with Crippen LogP contribution in [0.3, 0.4) is 0 Å². The van der Waals surface area contributed by atoms with Crippen LogP contribution < -0.4 is 10.6 Å². The van der Waals surface area contributed by atoms with Gasteiger partial charge in [-0.3, -0.25) is 5.32 Å². The highest BCUT2D eigenvalue weighted by Crippen LogP contribution is 2.20. The van der Waals surface area contributed by atoms with Gasteiger partial charge < -0.3 is 5.32 Å². The maximum absolute atomic E-state index is 4.40. The van der Waals surface area contributed by atoms with Gasteiger partial charge in [-0.25, -0.2) is 0 Å². The van der Waals surface area contributed by atoms with Gasteiger partial charge in [0.15, 0.2) is 0 Å². The Balaban J connectivity index is 2.19. The fourth-order valence-electron chi connectivity index (χ4n) is 1.38. The molecule has 0 spiro atoms. The quantitative estimate of drug-likeness (QED) is 0.521. The van der Waals surface area contributed by atoms with Gasteiger partial charge in [0.05, 0.1) is 5.70 Å². The van der Waals surface area contributed by atoms with Crippen LogP contribution in [0.25, 0.3) is 0 Å². The molecular formula is C8H11N2. The van der Waals surface area contributed by atoms with E-state index in [1.807, 2.05) is 0 Å². The highest BCUT2D eigenvalue weighted by Gasteiger charge is 2.13. The predicted molar refractivity (Wildman–Crippen MR) is 40.4 cm³/mol. The Hall–Kier alpha value is -0.920. The SMILES string of the molecule is C1=C2CCC[N]C2=CCN1. The highest BCUT2D eigenvalue weighted by molar-refractivity contribution is 5.33. The summed E-state index contributed by atoms with van der Waals surface area (Å²) in [5.41, 5.74) is 2.61. The lowest BCUT2D eigenvalue weighted by atomic mass is 10.0. The lowest BCUT2D eigenvalue weighted by molar-refractivity contribution is 0.642. The molecule has 2 heteroatoms. The lowest BCUT2D eigenvalue weighted by Gasteiger charge is -2.21. The van der Waals surface area contributed by atoms with Crippen molar-refractivity contribution in [2.45, 2.75) is 12.8 Å². The minimum Gasteiger partial charge on any atom is -0.387 e. The molecule has 53 valence electrons. The van der Waals surface area contributed by atoms with Gasteiger partial charge in [0.1, 0.15) is 0 Å². The minimum absolute atomic E-state index is 0.947. The molecule has 2 nitrogen and oxygen atoms in total. The average Bonchev–Trinajstić information content (AvgIpc) is 2.05. The first-order valence-electron chi connectivity index (χ1n) is 3.77. The van der Waals surface area contributed by atoms with E-state index in [-0.39, 0.29) is 0 Å². The van der Waals surface area contributed by atoms with Crippen molar-refractivity contribution in [3.8, 4) is 0 Å². The summed E-state index contributed by atoms with van der Waals surface area (Å²) in [6, 6.07) is 0. The molecule has 1 radical (unpaired) electrons. The molecule has 2 heterocycles. The summed E-state index contributed by atoms with van der Waals surface area (Å²) >= 11 is 0. The molecule has 0 atom stereocenters. The molecule has 0 aromatic carbocycles. The van der Waals surface area contributed by atoms with Gasteiger partial charge in [0.2, 0.25) is 0 Å². The molecule has 1 saturated heterocycles. The summed E-state index contributed by atoms with van der Waals surface area (Å²) in [6.07, 6.45) is 6.67. The van der Waals surface area contributed by atoms with Crippen molar-refractivity contribution in [3.05, 3.63) is 23.5 Å². The van der Waals surface area contributed by atoms with E-state index in [0.29, 0.717) is 0 Å². The topological polar surface area (TPSA) is 26.1 Å². The molecule has 1 fully saturated rings. The average molecular weight is 135 g/mol. The van der Waals surface area contributed by atoms with Crippen molar-refractivity contribution in [2.24, 2.45) is 0 Å². The maximum Gasteiger partial charge on any atom is 0.0598 e. The molecule has 0 saturated carbocycles. The largest absolute Gasteiger partial charge is 0.387 e. The smallest absolute Gasteiger partial charge is 0.0598 e. The van der Waals surface area contributed by atoms with Crippen molar-refractivity contribution >= 4 is 0 Å². The van der Waals surface area contributed by atoms with Crippen LogP contribution in [0.4, 0.5) is 0 Å². The number of piperidine rings is 1. The van der Waals surface area contributed by atoms with Crippen molar-refractivity contribution in [2.75, 3.05) is 13.1 Å². The molecule has 10 heavy (non-hydrogen) atoms. The van der Waals surface area contributed by atoms with Crippen LogP contribution in [0.5, 0.6) is 0 Å². The first kappa shape index (κ1) is 5.83. The van der Waals surface area contributed by atoms with Crippen molar-refractivity contribution in [1.29, 1.82) is 0 Å². The van der Waals surface area contributed by atoms with Gasteiger partial charge in [-0.1, -0.05) is 0 Å². The van der Waals surface area contributed by atoms with E-state index in [4.69, 9.17) is 0 Å².